The van der Waals surface area contributed by atoms with Gasteiger partial charge in [-0.25, -0.2) is 14.2 Å². The molecule has 6 heteroatoms. The third-order valence-corrected chi connectivity index (χ3v) is 5.39. The van der Waals surface area contributed by atoms with Crippen LogP contribution < -0.4 is 5.01 Å². The van der Waals surface area contributed by atoms with Crippen LogP contribution >= 0.6 is 0 Å². The first kappa shape index (κ1) is 19.6. The molecule has 1 aliphatic rings. The summed E-state index contributed by atoms with van der Waals surface area (Å²) in [5.41, 5.74) is 3.91. The summed E-state index contributed by atoms with van der Waals surface area (Å²) in [7, 11) is 0. The molecule has 4 rings (SSSR count). The van der Waals surface area contributed by atoms with Crippen LogP contribution in [0.5, 0.6) is 0 Å². The van der Waals surface area contributed by atoms with E-state index < -0.39 is 12.1 Å². The van der Waals surface area contributed by atoms with Crippen LogP contribution in [0.2, 0.25) is 0 Å². The summed E-state index contributed by atoms with van der Waals surface area (Å²) in [5, 5.41) is 12.7. The van der Waals surface area contributed by atoms with E-state index in [0.717, 1.165) is 27.4 Å². The highest BCUT2D eigenvalue weighted by Gasteiger charge is 2.35. The number of hydrogen-bond acceptors (Lipinski definition) is 3. The number of rotatable bonds is 5. The number of benzene rings is 3. The van der Waals surface area contributed by atoms with Gasteiger partial charge in [0.05, 0.1) is 5.69 Å². The van der Waals surface area contributed by atoms with Crippen molar-refractivity contribution in [2.75, 3.05) is 11.6 Å². The molecule has 1 atom stereocenters. The van der Waals surface area contributed by atoms with Crippen molar-refractivity contribution in [2.45, 2.75) is 19.4 Å². The Balaban J connectivity index is 1.68. The third kappa shape index (κ3) is 3.64. The van der Waals surface area contributed by atoms with Crippen LogP contribution in [-0.2, 0) is 6.42 Å². The molecule has 1 aliphatic heterocycles. The Kier molecular flexibility index (Phi) is 5.23. The van der Waals surface area contributed by atoms with E-state index in [-0.39, 0.29) is 11.6 Å². The van der Waals surface area contributed by atoms with Gasteiger partial charge in [-0.3, -0.25) is 9.80 Å². The Hall–Kier alpha value is -3.67. The van der Waals surface area contributed by atoms with E-state index >= 15 is 0 Å². The lowest BCUT2D eigenvalue weighted by molar-refractivity contribution is 0.0790. The van der Waals surface area contributed by atoms with Gasteiger partial charge < -0.3 is 5.11 Å². The number of carbonyl (C=O) groups is 2. The standard InChI is InChI=1S/C24H21FN2O3/c1-16(23(28)19-5-3-2-4-6-19)27(24(29)30)26-14-13-18-7-8-20(15-22(18)26)17-9-11-21(25)12-10-17/h2-12,15-16H,13-14H2,1H3,(H,29,30). The molecule has 0 saturated carbocycles. The van der Waals surface area contributed by atoms with Crippen LogP contribution in [0.15, 0.2) is 72.8 Å². The van der Waals surface area contributed by atoms with E-state index in [4.69, 9.17) is 0 Å². The molecule has 0 bridgehead atoms. The van der Waals surface area contributed by atoms with E-state index in [2.05, 4.69) is 0 Å². The van der Waals surface area contributed by atoms with Crippen LogP contribution in [0.25, 0.3) is 11.1 Å². The van der Waals surface area contributed by atoms with E-state index in [1.54, 1.807) is 48.3 Å². The number of nitrogens with zero attached hydrogens (tertiary/aromatic N) is 2. The highest BCUT2D eigenvalue weighted by molar-refractivity contribution is 6.01. The van der Waals surface area contributed by atoms with Crippen molar-refractivity contribution in [2.24, 2.45) is 0 Å². The summed E-state index contributed by atoms with van der Waals surface area (Å²) in [4.78, 5) is 25.1. The largest absolute Gasteiger partial charge is 0.464 e. The van der Waals surface area contributed by atoms with Gasteiger partial charge in [0, 0.05) is 12.1 Å². The van der Waals surface area contributed by atoms with Gasteiger partial charge in [0.15, 0.2) is 5.78 Å². The predicted octanol–water partition coefficient (Wildman–Crippen LogP) is 5.02. The summed E-state index contributed by atoms with van der Waals surface area (Å²) in [6.45, 7) is 2.06. The van der Waals surface area contributed by atoms with Crippen molar-refractivity contribution < 1.29 is 19.1 Å². The minimum Gasteiger partial charge on any atom is -0.464 e. The Morgan fingerprint density at radius 2 is 1.67 bits per heavy atom. The number of fused-ring (bicyclic) bond motifs is 1. The summed E-state index contributed by atoms with van der Waals surface area (Å²) in [6.07, 6.45) is -0.512. The van der Waals surface area contributed by atoms with E-state index in [0.29, 0.717) is 18.5 Å². The van der Waals surface area contributed by atoms with Gasteiger partial charge >= 0.3 is 6.09 Å². The molecule has 1 heterocycles. The lowest BCUT2D eigenvalue weighted by atomic mass is 10.0. The highest BCUT2D eigenvalue weighted by Crippen LogP contribution is 2.35. The second-order valence-electron chi connectivity index (χ2n) is 7.26. The monoisotopic (exact) mass is 404 g/mol. The smallest absolute Gasteiger partial charge is 0.427 e. The molecule has 0 aliphatic carbocycles. The van der Waals surface area contributed by atoms with E-state index in [1.165, 1.54) is 12.1 Å². The zero-order chi connectivity index (χ0) is 21.3. The second kappa shape index (κ2) is 7.99. The number of hydrazine groups is 1. The number of carbonyl (C=O) groups excluding carboxylic acids is 1. The molecule has 0 aromatic heterocycles. The van der Waals surface area contributed by atoms with Gasteiger partial charge in [-0.2, -0.15) is 0 Å². The number of Topliss-reactive ketones (excluding diaryl/α,β-unsaturated/α-hetero) is 1. The Morgan fingerprint density at radius 1 is 1.00 bits per heavy atom. The van der Waals surface area contributed by atoms with Crippen molar-refractivity contribution in [1.29, 1.82) is 0 Å². The fourth-order valence-electron chi connectivity index (χ4n) is 3.84. The lowest BCUT2D eigenvalue weighted by Crippen LogP contribution is -2.53. The minimum absolute atomic E-state index is 0.263. The van der Waals surface area contributed by atoms with Gasteiger partial charge in [0.1, 0.15) is 11.9 Å². The summed E-state index contributed by atoms with van der Waals surface area (Å²) < 4.78 is 13.3. The fourth-order valence-corrected chi connectivity index (χ4v) is 3.84. The first-order chi connectivity index (χ1) is 14.5. The number of hydrogen-bond donors (Lipinski definition) is 1. The van der Waals surface area contributed by atoms with Crippen molar-refractivity contribution in [3.8, 4) is 11.1 Å². The summed E-state index contributed by atoms with van der Waals surface area (Å²) >= 11 is 0. The molecule has 3 aromatic rings. The van der Waals surface area contributed by atoms with Crippen molar-refractivity contribution in [3.05, 3.63) is 89.7 Å². The zero-order valence-corrected chi connectivity index (χ0v) is 16.5. The SMILES string of the molecule is CC(C(=O)c1ccccc1)N(C(=O)O)N1CCc2ccc(-c3ccc(F)cc3)cc21. The highest BCUT2D eigenvalue weighted by atomic mass is 19.1. The zero-order valence-electron chi connectivity index (χ0n) is 16.5. The molecule has 5 nitrogen and oxygen atoms in total. The Labute approximate surface area is 174 Å². The average molecular weight is 404 g/mol. The average Bonchev–Trinajstić information content (AvgIpc) is 3.17. The van der Waals surface area contributed by atoms with E-state index in [1.807, 2.05) is 24.3 Å². The van der Waals surface area contributed by atoms with Crippen LogP contribution in [0.3, 0.4) is 0 Å². The Bertz CT molecular complexity index is 1080. The van der Waals surface area contributed by atoms with Crippen LogP contribution in [0.4, 0.5) is 14.9 Å². The summed E-state index contributed by atoms with van der Waals surface area (Å²) in [6, 6.07) is 19.8. The lowest BCUT2D eigenvalue weighted by Gasteiger charge is -2.35. The quantitative estimate of drug-likeness (QED) is 0.607. The molecule has 1 amide bonds. The predicted molar refractivity (Wildman–Crippen MR) is 113 cm³/mol. The molecular weight excluding hydrogens is 383 g/mol. The molecule has 3 aromatic carbocycles. The minimum atomic E-state index is -1.19. The number of carboxylic acid groups (broad SMARTS) is 1. The van der Waals surface area contributed by atoms with Gasteiger partial charge in [-0.15, -0.1) is 0 Å². The van der Waals surface area contributed by atoms with Gasteiger partial charge in [-0.1, -0.05) is 54.6 Å². The molecular formula is C24H21FN2O3. The molecule has 0 fully saturated rings. The maximum absolute atomic E-state index is 13.3. The molecule has 0 radical (unpaired) electrons. The first-order valence-corrected chi connectivity index (χ1v) is 9.73. The van der Waals surface area contributed by atoms with Gasteiger partial charge in [0.25, 0.3) is 0 Å². The topological polar surface area (TPSA) is 60.9 Å². The van der Waals surface area contributed by atoms with Crippen LogP contribution in [0.1, 0.15) is 22.8 Å². The number of anilines is 1. The first-order valence-electron chi connectivity index (χ1n) is 9.73. The van der Waals surface area contributed by atoms with Gasteiger partial charge in [0.2, 0.25) is 0 Å². The van der Waals surface area contributed by atoms with Crippen molar-refractivity contribution in [3.63, 3.8) is 0 Å². The third-order valence-electron chi connectivity index (χ3n) is 5.39. The second-order valence-corrected chi connectivity index (χ2v) is 7.26. The van der Waals surface area contributed by atoms with Crippen molar-refractivity contribution >= 4 is 17.6 Å². The molecule has 152 valence electrons. The number of halogens is 1. The van der Waals surface area contributed by atoms with Crippen molar-refractivity contribution in [1.82, 2.24) is 5.01 Å². The fraction of sp³-hybridized carbons (Fsp3) is 0.167. The molecule has 0 spiro atoms. The molecule has 1 N–H and O–H groups in total. The maximum atomic E-state index is 13.3. The van der Waals surface area contributed by atoms with Crippen LogP contribution in [-0.4, -0.2) is 34.6 Å². The molecule has 1 unspecified atom stereocenters. The maximum Gasteiger partial charge on any atom is 0.427 e. The summed E-state index contributed by atoms with van der Waals surface area (Å²) in [5.74, 6) is -0.576. The normalized spacial score (nSPS) is 13.6. The van der Waals surface area contributed by atoms with E-state index in [9.17, 15) is 19.1 Å². The van der Waals surface area contributed by atoms with Gasteiger partial charge in [-0.05, 0) is 48.2 Å². The Morgan fingerprint density at radius 3 is 2.33 bits per heavy atom. The molecule has 0 saturated heterocycles. The number of amides is 1. The van der Waals surface area contributed by atoms with Crippen LogP contribution in [0, 0.1) is 5.82 Å². The molecule has 30 heavy (non-hydrogen) atoms. The number of ketones is 1.